The van der Waals surface area contributed by atoms with Crippen LogP contribution in [-0.4, -0.2) is 24.5 Å². The van der Waals surface area contributed by atoms with Crippen LogP contribution in [-0.2, 0) is 6.42 Å². The first-order valence-corrected chi connectivity index (χ1v) is 6.89. The Labute approximate surface area is 117 Å². The minimum Gasteiger partial charge on any atom is -0.292 e. The third kappa shape index (κ3) is 3.77. The quantitative estimate of drug-likeness (QED) is 0.604. The first-order chi connectivity index (χ1) is 9.60. The molecular weight excluding hydrogens is 263 g/mol. The molecule has 0 spiro atoms. The lowest BCUT2D eigenvalue weighted by Crippen LogP contribution is -2.34. The van der Waals surface area contributed by atoms with Crippen molar-refractivity contribution in [1.29, 1.82) is 0 Å². The van der Waals surface area contributed by atoms with Crippen molar-refractivity contribution in [3.8, 4) is 12.3 Å². The van der Waals surface area contributed by atoms with Gasteiger partial charge in [-0.25, -0.2) is 13.2 Å². The molecule has 1 aliphatic heterocycles. The Balaban J connectivity index is 1.85. The van der Waals surface area contributed by atoms with E-state index in [2.05, 4.69) is 10.8 Å². The van der Waals surface area contributed by atoms with Crippen LogP contribution in [0.25, 0.3) is 0 Å². The molecule has 0 atom stereocenters. The van der Waals surface area contributed by atoms with E-state index in [1.807, 2.05) is 0 Å². The Morgan fingerprint density at radius 1 is 1.10 bits per heavy atom. The molecule has 1 nitrogen and oxygen atoms in total. The largest absolute Gasteiger partial charge is 0.292 e. The average Bonchev–Trinajstić information content (AvgIpc) is 2.43. The van der Waals surface area contributed by atoms with E-state index in [9.17, 15) is 13.2 Å². The highest BCUT2D eigenvalue weighted by atomic mass is 19.2. The molecule has 0 saturated carbocycles. The van der Waals surface area contributed by atoms with Gasteiger partial charge in [0.25, 0.3) is 0 Å². The third-order valence-corrected chi connectivity index (χ3v) is 3.93. The molecule has 1 aromatic carbocycles. The van der Waals surface area contributed by atoms with Crippen molar-refractivity contribution in [1.82, 2.24) is 4.90 Å². The number of aryl methyl sites for hydroxylation is 1. The van der Waals surface area contributed by atoms with Gasteiger partial charge < -0.3 is 0 Å². The van der Waals surface area contributed by atoms with Crippen LogP contribution in [0.5, 0.6) is 0 Å². The second-order valence-corrected chi connectivity index (χ2v) is 5.32. The summed E-state index contributed by atoms with van der Waals surface area (Å²) in [4.78, 5) is 2.22. The van der Waals surface area contributed by atoms with E-state index < -0.39 is 17.5 Å². The van der Waals surface area contributed by atoms with Crippen molar-refractivity contribution in [2.45, 2.75) is 25.7 Å². The smallest absolute Gasteiger partial charge is 0.161 e. The first-order valence-electron chi connectivity index (χ1n) is 6.89. The van der Waals surface area contributed by atoms with Crippen molar-refractivity contribution >= 4 is 0 Å². The van der Waals surface area contributed by atoms with Crippen LogP contribution in [0, 0.1) is 35.7 Å². The zero-order valence-corrected chi connectivity index (χ0v) is 11.3. The van der Waals surface area contributed by atoms with Crippen LogP contribution in [0.2, 0.25) is 0 Å². The summed E-state index contributed by atoms with van der Waals surface area (Å²) in [5.41, 5.74) is 0.259. The Bertz CT molecular complexity index is 499. The molecule has 0 bridgehead atoms. The van der Waals surface area contributed by atoms with Crippen LogP contribution in [0.4, 0.5) is 13.2 Å². The fourth-order valence-electron chi connectivity index (χ4n) is 2.68. The van der Waals surface area contributed by atoms with Gasteiger partial charge in [-0.05, 0) is 56.3 Å². The Morgan fingerprint density at radius 3 is 2.40 bits per heavy atom. The molecule has 1 aromatic rings. The van der Waals surface area contributed by atoms with Crippen LogP contribution in [0.3, 0.4) is 0 Å². The molecule has 20 heavy (non-hydrogen) atoms. The monoisotopic (exact) mass is 281 g/mol. The molecule has 1 heterocycles. The zero-order chi connectivity index (χ0) is 14.5. The average molecular weight is 281 g/mol. The predicted molar refractivity (Wildman–Crippen MR) is 72.6 cm³/mol. The lowest BCUT2D eigenvalue weighted by molar-refractivity contribution is 0.197. The summed E-state index contributed by atoms with van der Waals surface area (Å²) in [6.45, 7) is 2.58. The Kier molecular flexibility index (Phi) is 5.08. The van der Waals surface area contributed by atoms with Crippen LogP contribution in [0.1, 0.15) is 24.8 Å². The third-order valence-electron chi connectivity index (χ3n) is 3.93. The van der Waals surface area contributed by atoms with Crippen molar-refractivity contribution in [3.05, 3.63) is 35.1 Å². The molecule has 1 saturated heterocycles. The van der Waals surface area contributed by atoms with Gasteiger partial charge in [-0.1, -0.05) is 5.92 Å². The standard InChI is InChI=1S/C16H18F3N/c1-2-7-20-8-5-12(6-9-20)3-4-13-10-15(18)16(19)11-14(13)17/h1,10-12H,3-9H2. The van der Waals surface area contributed by atoms with Crippen LogP contribution in [0.15, 0.2) is 12.1 Å². The second kappa shape index (κ2) is 6.81. The Hall–Kier alpha value is -1.47. The van der Waals surface area contributed by atoms with Crippen molar-refractivity contribution in [2.24, 2.45) is 5.92 Å². The summed E-state index contributed by atoms with van der Waals surface area (Å²) in [7, 11) is 0. The SMILES string of the molecule is C#CCN1CCC(CCc2cc(F)c(F)cc2F)CC1. The molecule has 0 amide bonds. The lowest BCUT2D eigenvalue weighted by atomic mass is 9.90. The molecule has 4 heteroatoms. The van der Waals surface area contributed by atoms with Gasteiger partial charge in [0, 0.05) is 6.07 Å². The number of halogens is 3. The van der Waals surface area contributed by atoms with E-state index in [1.165, 1.54) is 0 Å². The predicted octanol–water partition coefficient (Wildman–Crippen LogP) is 3.38. The van der Waals surface area contributed by atoms with Gasteiger partial charge in [-0.3, -0.25) is 4.90 Å². The summed E-state index contributed by atoms with van der Waals surface area (Å²) >= 11 is 0. The minimum absolute atomic E-state index is 0.259. The molecular formula is C16H18F3N. The lowest BCUT2D eigenvalue weighted by Gasteiger charge is -2.30. The molecule has 108 valence electrons. The maximum atomic E-state index is 13.5. The van der Waals surface area contributed by atoms with Gasteiger partial charge in [-0.2, -0.15) is 0 Å². The minimum atomic E-state index is -1.13. The van der Waals surface area contributed by atoms with E-state index in [4.69, 9.17) is 6.42 Å². The number of likely N-dealkylation sites (tertiary alicyclic amines) is 1. The molecule has 0 unspecified atom stereocenters. The Morgan fingerprint density at radius 2 is 1.75 bits per heavy atom. The molecule has 0 N–H and O–H groups in total. The highest BCUT2D eigenvalue weighted by molar-refractivity contribution is 5.20. The van der Waals surface area contributed by atoms with Gasteiger partial charge >= 0.3 is 0 Å². The van der Waals surface area contributed by atoms with Crippen molar-refractivity contribution < 1.29 is 13.2 Å². The molecule has 0 aromatic heterocycles. The van der Waals surface area contributed by atoms with Gasteiger partial charge in [0.05, 0.1) is 6.54 Å². The number of terminal acetylenes is 1. The second-order valence-electron chi connectivity index (χ2n) is 5.32. The fraction of sp³-hybridized carbons (Fsp3) is 0.500. The van der Waals surface area contributed by atoms with E-state index in [-0.39, 0.29) is 5.56 Å². The van der Waals surface area contributed by atoms with Crippen LogP contribution >= 0.6 is 0 Å². The van der Waals surface area contributed by atoms with Gasteiger partial charge in [0.1, 0.15) is 5.82 Å². The number of piperidine rings is 1. The van der Waals surface area contributed by atoms with E-state index in [0.29, 0.717) is 24.9 Å². The van der Waals surface area contributed by atoms with Gasteiger partial charge in [-0.15, -0.1) is 6.42 Å². The molecule has 1 aliphatic rings. The summed E-state index contributed by atoms with van der Waals surface area (Å²) in [6.07, 6.45) is 8.56. The maximum Gasteiger partial charge on any atom is 0.161 e. The topological polar surface area (TPSA) is 3.24 Å². The van der Waals surface area contributed by atoms with Crippen molar-refractivity contribution in [3.63, 3.8) is 0 Å². The van der Waals surface area contributed by atoms with Crippen LogP contribution < -0.4 is 0 Å². The van der Waals surface area contributed by atoms with Gasteiger partial charge in [0.2, 0.25) is 0 Å². The summed E-state index contributed by atoms with van der Waals surface area (Å²) in [6, 6.07) is 1.60. The number of nitrogens with zero attached hydrogens (tertiary/aromatic N) is 1. The summed E-state index contributed by atoms with van der Waals surface area (Å²) in [5.74, 6) is 0.354. The highest BCUT2D eigenvalue weighted by Crippen LogP contribution is 2.23. The molecule has 2 rings (SSSR count). The fourth-order valence-corrected chi connectivity index (χ4v) is 2.68. The molecule has 1 fully saturated rings. The number of benzene rings is 1. The first kappa shape index (κ1) is 14.9. The zero-order valence-electron chi connectivity index (χ0n) is 11.3. The number of rotatable bonds is 4. The van der Waals surface area contributed by atoms with Crippen molar-refractivity contribution in [2.75, 3.05) is 19.6 Å². The summed E-state index contributed by atoms with van der Waals surface area (Å²) < 4.78 is 39.4. The normalized spacial score (nSPS) is 17.1. The summed E-state index contributed by atoms with van der Waals surface area (Å²) in [5, 5.41) is 0. The van der Waals surface area contributed by atoms with E-state index in [0.717, 1.165) is 38.4 Å². The van der Waals surface area contributed by atoms with Gasteiger partial charge in [0.15, 0.2) is 11.6 Å². The van der Waals surface area contributed by atoms with E-state index in [1.54, 1.807) is 0 Å². The van der Waals surface area contributed by atoms with E-state index >= 15 is 0 Å². The maximum absolute atomic E-state index is 13.5. The number of hydrogen-bond donors (Lipinski definition) is 0. The molecule has 0 aliphatic carbocycles. The number of hydrogen-bond acceptors (Lipinski definition) is 1. The highest BCUT2D eigenvalue weighted by Gasteiger charge is 2.19. The molecule has 0 radical (unpaired) electrons.